The van der Waals surface area contributed by atoms with Crippen LogP contribution < -0.4 is 10.6 Å². The van der Waals surface area contributed by atoms with Gasteiger partial charge in [0.15, 0.2) is 0 Å². The van der Waals surface area contributed by atoms with E-state index < -0.39 is 17.9 Å². The highest BCUT2D eigenvalue weighted by Gasteiger charge is 2.22. The summed E-state index contributed by atoms with van der Waals surface area (Å²) in [5.41, 5.74) is -0.0383. The van der Waals surface area contributed by atoms with Gasteiger partial charge in [-0.25, -0.2) is 9.59 Å². The molecule has 1 aliphatic rings. The summed E-state index contributed by atoms with van der Waals surface area (Å²) in [6.45, 7) is 4.65. The number of rotatable bonds is 4. The second kappa shape index (κ2) is 7.81. The van der Waals surface area contributed by atoms with Gasteiger partial charge in [-0.05, 0) is 39.5 Å². The number of amides is 3. The predicted molar refractivity (Wildman–Crippen MR) is 78.7 cm³/mol. The molecule has 0 spiro atoms. The van der Waals surface area contributed by atoms with E-state index in [2.05, 4.69) is 10.6 Å². The van der Waals surface area contributed by atoms with Gasteiger partial charge in [-0.1, -0.05) is 19.3 Å². The molecular weight excluding hydrogens is 272 g/mol. The van der Waals surface area contributed by atoms with Crippen molar-refractivity contribution in [2.75, 3.05) is 0 Å². The van der Waals surface area contributed by atoms with Crippen LogP contribution in [0.15, 0.2) is 11.1 Å². The predicted octanol–water partition coefficient (Wildman–Crippen LogP) is 2.20. The molecular formula is C15H24N2O4. The third-order valence-electron chi connectivity index (χ3n) is 4.17. The van der Waals surface area contributed by atoms with Crippen LogP contribution in [0, 0.1) is 5.92 Å². The molecule has 1 fully saturated rings. The first-order chi connectivity index (χ1) is 9.82. The van der Waals surface area contributed by atoms with Gasteiger partial charge >= 0.3 is 12.0 Å². The minimum atomic E-state index is -1.17. The van der Waals surface area contributed by atoms with Crippen molar-refractivity contribution in [3.05, 3.63) is 11.1 Å². The maximum atomic E-state index is 11.8. The van der Waals surface area contributed by atoms with E-state index in [1.807, 2.05) is 6.92 Å². The van der Waals surface area contributed by atoms with Gasteiger partial charge in [-0.15, -0.1) is 0 Å². The number of carboxylic acids is 1. The number of nitrogens with one attached hydrogen (secondary N) is 2. The lowest BCUT2D eigenvalue weighted by molar-refractivity contribution is -0.133. The van der Waals surface area contributed by atoms with E-state index >= 15 is 0 Å². The van der Waals surface area contributed by atoms with E-state index in [1.165, 1.54) is 33.1 Å². The van der Waals surface area contributed by atoms with Crippen molar-refractivity contribution < 1.29 is 19.5 Å². The Balaban J connectivity index is 2.51. The molecule has 1 saturated carbocycles. The fraction of sp³-hybridized carbons (Fsp3) is 0.667. The first kappa shape index (κ1) is 17.2. The van der Waals surface area contributed by atoms with Crippen LogP contribution in [0.1, 0.15) is 52.9 Å². The minimum absolute atomic E-state index is 0.00274. The van der Waals surface area contributed by atoms with Gasteiger partial charge in [0.25, 0.3) is 5.91 Å². The van der Waals surface area contributed by atoms with Crippen molar-refractivity contribution in [2.24, 2.45) is 5.92 Å². The number of hydrogen-bond donors (Lipinski definition) is 3. The number of carbonyl (C=O) groups is 3. The second-order valence-electron chi connectivity index (χ2n) is 5.67. The number of aliphatic carboxylic acids is 1. The summed E-state index contributed by atoms with van der Waals surface area (Å²) < 4.78 is 0. The number of carboxylic acid groups (broad SMARTS) is 1. The van der Waals surface area contributed by atoms with Gasteiger partial charge < -0.3 is 10.4 Å². The Morgan fingerprint density at radius 3 is 2.14 bits per heavy atom. The zero-order valence-electron chi connectivity index (χ0n) is 12.9. The monoisotopic (exact) mass is 296 g/mol. The molecule has 0 aromatic carbocycles. The summed E-state index contributed by atoms with van der Waals surface area (Å²) >= 11 is 0. The molecule has 6 heteroatoms. The SMILES string of the molecule is CC(C(=O)O)=C(C)C(=O)NC(=O)NC(C)C1CCCCC1. The molecule has 1 rings (SSSR count). The van der Waals surface area contributed by atoms with E-state index in [1.54, 1.807) is 0 Å². The van der Waals surface area contributed by atoms with Gasteiger partial charge in [-0.2, -0.15) is 0 Å². The van der Waals surface area contributed by atoms with E-state index in [0.29, 0.717) is 5.92 Å². The van der Waals surface area contributed by atoms with E-state index in [4.69, 9.17) is 5.11 Å². The molecule has 1 aliphatic carbocycles. The standard InChI is InChI=1S/C15H24N2O4/c1-9(10(2)14(19)20)13(18)17-15(21)16-11(3)12-7-5-4-6-8-12/h11-12H,4-8H2,1-3H3,(H,19,20)(H2,16,17,18,21). The number of imide groups is 1. The maximum absolute atomic E-state index is 11.8. The lowest BCUT2D eigenvalue weighted by Crippen LogP contribution is -2.46. The van der Waals surface area contributed by atoms with Crippen molar-refractivity contribution >= 4 is 17.9 Å². The smallest absolute Gasteiger partial charge is 0.331 e. The Labute approximate surface area is 125 Å². The molecule has 1 unspecified atom stereocenters. The molecule has 3 amide bonds. The zero-order chi connectivity index (χ0) is 16.0. The van der Waals surface area contributed by atoms with Gasteiger partial charge in [0.1, 0.15) is 0 Å². The molecule has 0 bridgehead atoms. The summed E-state index contributed by atoms with van der Waals surface area (Å²) in [6.07, 6.45) is 5.78. The molecule has 0 heterocycles. The summed E-state index contributed by atoms with van der Waals surface area (Å²) in [4.78, 5) is 34.3. The lowest BCUT2D eigenvalue weighted by Gasteiger charge is -2.28. The molecule has 3 N–H and O–H groups in total. The van der Waals surface area contributed by atoms with Crippen molar-refractivity contribution in [1.82, 2.24) is 10.6 Å². The normalized spacial score (nSPS) is 18.4. The molecule has 118 valence electrons. The molecule has 1 atom stereocenters. The average Bonchev–Trinajstić information content (AvgIpc) is 2.46. The molecule has 0 radical (unpaired) electrons. The van der Waals surface area contributed by atoms with Crippen LogP contribution in [0.3, 0.4) is 0 Å². The minimum Gasteiger partial charge on any atom is -0.478 e. The third kappa shape index (κ3) is 5.21. The molecule has 21 heavy (non-hydrogen) atoms. The van der Waals surface area contributed by atoms with Crippen molar-refractivity contribution in [2.45, 2.75) is 58.9 Å². The van der Waals surface area contributed by atoms with Gasteiger partial charge in [0, 0.05) is 17.2 Å². The van der Waals surface area contributed by atoms with Crippen LogP contribution >= 0.6 is 0 Å². The highest BCUT2D eigenvalue weighted by Crippen LogP contribution is 2.26. The lowest BCUT2D eigenvalue weighted by atomic mass is 9.85. The van der Waals surface area contributed by atoms with Gasteiger partial charge in [0.05, 0.1) is 0 Å². The first-order valence-electron chi connectivity index (χ1n) is 7.35. The molecule has 6 nitrogen and oxygen atoms in total. The van der Waals surface area contributed by atoms with E-state index in [0.717, 1.165) is 12.8 Å². The Morgan fingerprint density at radius 1 is 1.05 bits per heavy atom. The third-order valence-corrected chi connectivity index (χ3v) is 4.17. The van der Waals surface area contributed by atoms with Gasteiger partial charge in [0.2, 0.25) is 0 Å². The maximum Gasteiger partial charge on any atom is 0.331 e. The van der Waals surface area contributed by atoms with E-state index in [-0.39, 0.29) is 17.2 Å². The topological polar surface area (TPSA) is 95.5 Å². The van der Waals surface area contributed by atoms with Crippen LogP contribution in [-0.4, -0.2) is 29.1 Å². The highest BCUT2D eigenvalue weighted by molar-refractivity contribution is 6.07. The van der Waals surface area contributed by atoms with Crippen LogP contribution in [-0.2, 0) is 9.59 Å². The highest BCUT2D eigenvalue weighted by atomic mass is 16.4. The van der Waals surface area contributed by atoms with Gasteiger partial charge in [-0.3, -0.25) is 10.1 Å². The van der Waals surface area contributed by atoms with E-state index in [9.17, 15) is 14.4 Å². The number of carbonyl (C=O) groups excluding carboxylic acids is 2. The zero-order valence-corrected chi connectivity index (χ0v) is 12.9. The van der Waals surface area contributed by atoms with Crippen LogP contribution in [0.2, 0.25) is 0 Å². The summed E-state index contributed by atoms with van der Waals surface area (Å²) in [7, 11) is 0. The fourth-order valence-corrected chi connectivity index (χ4v) is 2.52. The Hall–Kier alpha value is -1.85. The summed E-state index contributed by atoms with van der Waals surface area (Å²) in [5, 5.41) is 13.8. The first-order valence-corrected chi connectivity index (χ1v) is 7.35. The molecule has 0 aromatic rings. The summed E-state index contributed by atoms with van der Waals surface area (Å²) in [6, 6.07) is -0.571. The average molecular weight is 296 g/mol. The Kier molecular flexibility index (Phi) is 6.39. The Morgan fingerprint density at radius 2 is 1.62 bits per heavy atom. The van der Waals surface area contributed by atoms with Crippen LogP contribution in [0.4, 0.5) is 4.79 Å². The van der Waals surface area contributed by atoms with Crippen molar-refractivity contribution in [3.63, 3.8) is 0 Å². The van der Waals surface area contributed by atoms with Crippen LogP contribution in [0.5, 0.6) is 0 Å². The molecule has 0 aromatic heterocycles. The van der Waals surface area contributed by atoms with Crippen molar-refractivity contribution in [3.8, 4) is 0 Å². The number of hydrogen-bond acceptors (Lipinski definition) is 3. The molecule has 0 aliphatic heterocycles. The molecule has 0 saturated heterocycles. The largest absolute Gasteiger partial charge is 0.478 e. The quantitative estimate of drug-likeness (QED) is 0.693. The van der Waals surface area contributed by atoms with Crippen molar-refractivity contribution in [1.29, 1.82) is 0 Å². The van der Waals surface area contributed by atoms with Crippen LogP contribution in [0.25, 0.3) is 0 Å². The number of urea groups is 1. The summed E-state index contributed by atoms with van der Waals surface area (Å²) in [5.74, 6) is -1.40. The fourth-order valence-electron chi connectivity index (χ4n) is 2.52. The second-order valence-corrected chi connectivity index (χ2v) is 5.67. The Bertz CT molecular complexity index is 451.